The zero-order valence-corrected chi connectivity index (χ0v) is 10.2. The molecule has 0 aromatic carbocycles. The van der Waals surface area contributed by atoms with Crippen molar-refractivity contribution in [3.05, 3.63) is 0 Å². The lowest BCUT2D eigenvalue weighted by atomic mass is 9.98. The molecule has 0 aromatic rings. The molecule has 2 N–H and O–H groups in total. The van der Waals surface area contributed by atoms with Crippen LogP contribution in [-0.4, -0.2) is 30.4 Å². The van der Waals surface area contributed by atoms with Crippen LogP contribution >= 0.6 is 0 Å². The second-order valence-electron chi connectivity index (χ2n) is 3.97. The number of unbranched alkanes of at least 4 members (excludes halogenated alkanes) is 2. The lowest BCUT2D eigenvalue weighted by Crippen LogP contribution is -2.06. The summed E-state index contributed by atoms with van der Waals surface area (Å²) in [6.45, 7) is 2.30. The lowest BCUT2D eigenvalue weighted by Gasteiger charge is -2.11. The predicted octanol–water partition coefficient (Wildman–Crippen LogP) is 1.84. The Morgan fingerprint density at radius 2 is 1.80 bits per heavy atom. The molecule has 0 spiro atoms. The van der Waals surface area contributed by atoms with Crippen LogP contribution in [-0.2, 0) is 10.1 Å². The summed E-state index contributed by atoms with van der Waals surface area (Å²) >= 11 is 0. The Morgan fingerprint density at radius 1 is 1.13 bits per heavy atom. The van der Waals surface area contributed by atoms with Crippen LogP contribution in [0.25, 0.3) is 0 Å². The molecule has 0 amide bonds. The van der Waals surface area contributed by atoms with Gasteiger partial charge in [0.2, 0.25) is 0 Å². The highest BCUT2D eigenvalue weighted by Gasteiger charge is 2.07. The minimum atomic E-state index is -3.79. The fourth-order valence-electron chi connectivity index (χ4n) is 1.63. The molecule has 0 fully saturated rings. The maximum Gasteiger partial charge on any atom is 0.264 e. The molecule has 0 saturated carbocycles. The Kier molecular flexibility index (Phi) is 8.00. The van der Waals surface area contributed by atoms with Crippen LogP contribution in [0.2, 0.25) is 0 Å². The third-order valence-corrected chi connectivity index (χ3v) is 3.27. The van der Waals surface area contributed by atoms with E-state index < -0.39 is 10.1 Å². The molecule has 0 aliphatic heterocycles. The standard InChI is InChI=1S/C10H22O4S/c1-2-6-10(9-11)7-4-3-5-8-15(12,13)14/h10-11H,2-9H2,1H3,(H,12,13,14). The van der Waals surface area contributed by atoms with Gasteiger partial charge in [-0.05, 0) is 25.2 Å². The van der Waals surface area contributed by atoms with Crippen LogP contribution in [0, 0.1) is 5.92 Å². The summed E-state index contributed by atoms with van der Waals surface area (Å²) in [7, 11) is -3.79. The Hall–Kier alpha value is -0.130. The van der Waals surface area contributed by atoms with Gasteiger partial charge in [0.25, 0.3) is 10.1 Å². The highest BCUT2D eigenvalue weighted by Crippen LogP contribution is 2.14. The van der Waals surface area contributed by atoms with Gasteiger partial charge in [-0.3, -0.25) is 4.55 Å². The lowest BCUT2D eigenvalue weighted by molar-refractivity contribution is 0.207. The summed E-state index contributed by atoms with van der Waals surface area (Å²) < 4.78 is 29.3. The van der Waals surface area contributed by atoms with Crippen LogP contribution in [0.4, 0.5) is 0 Å². The van der Waals surface area contributed by atoms with E-state index in [1.165, 1.54) is 0 Å². The van der Waals surface area contributed by atoms with Gasteiger partial charge in [-0.15, -0.1) is 0 Å². The molecule has 4 nitrogen and oxygen atoms in total. The zero-order chi connectivity index (χ0) is 11.7. The van der Waals surface area contributed by atoms with E-state index in [2.05, 4.69) is 6.92 Å². The molecule has 1 atom stereocenters. The summed E-state index contributed by atoms with van der Waals surface area (Å²) in [5.74, 6) is 0.200. The van der Waals surface area contributed by atoms with Crippen LogP contribution in [0.5, 0.6) is 0 Å². The minimum Gasteiger partial charge on any atom is -0.396 e. The number of aliphatic hydroxyl groups excluding tert-OH is 1. The molecule has 5 heteroatoms. The second kappa shape index (κ2) is 8.07. The molecule has 0 radical (unpaired) electrons. The van der Waals surface area contributed by atoms with Gasteiger partial charge in [-0.1, -0.05) is 26.2 Å². The molecular weight excluding hydrogens is 216 g/mol. The first-order valence-corrected chi connectivity index (χ1v) is 7.16. The molecule has 0 bridgehead atoms. The van der Waals surface area contributed by atoms with Gasteiger partial charge in [-0.2, -0.15) is 8.42 Å². The van der Waals surface area contributed by atoms with E-state index in [1.807, 2.05) is 0 Å². The molecule has 15 heavy (non-hydrogen) atoms. The summed E-state index contributed by atoms with van der Waals surface area (Å²) in [5.41, 5.74) is 0. The van der Waals surface area contributed by atoms with E-state index in [-0.39, 0.29) is 12.4 Å². The predicted molar refractivity (Wildman–Crippen MR) is 60.4 cm³/mol. The highest BCUT2D eigenvalue weighted by molar-refractivity contribution is 7.85. The average molecular weight is 238 g/mol. The fraction of sp³-hybridized carbons (Fsp3) is 1.00. The molecule has 0 aliphatic carbocycles. The summed E-state index contributed by atoms with van der Waals surface area (Å²) in [6, 6.07) is 0. The highest BCUT2D eigenvalue weighted by atomic mass is 32.2. The molecular formula is C10H22O4S. The average Bonchev–Trinajstić information content (AvgIpc) is 2.14. The van der Waals surface area contributed by atoms with Crippen LogP contribution in [0.1, 0.15) is 45.4 Å². The summed E-state index contributed by atoms with van der Waals surface area (Å²) in [5, 5.41) is 9.01. The van der Waals surface area contributed by atoms with Crippen molar-refractivity contribution in [2.24, 2.45) is 5.92 Å². The smallest absolute Gasteiger partial charge is 0.264 e. The normalized spacial score (nSPS) is 14.1. The number of aliphatic hydroxyl groups is 1. The topological polar surface area (TPSA) is 74.6 Å². The van der Waals surface area contributed by atoms with E-state index >= 15 is 0 Å². The van der Waals surface area contributed by atoms with Crippen molar-refractivity contribution in [3.8, 4) is 0 Å². The summed E-state index contributed by atoms with van der Waals surface area (Å²) in [4.78, 5) is 0. The quantitative estimate of drug-likeness (QED) is 0.475. The molecule has 0 aliphatic rings. The molecule has 0 aromatic heterocycles. The van der Waals surface area contributed by atoms with Crippen LogP contribution in [0.3, 0.4) is 0 Å². The largest absolute Gasteiger partial charge is 0.396 e. The zero-order valence-electron chi connectivity index (χ0n) is 9.35. The van der Waals surface area contributed by atoms with Gasteiger partial charge in [0.1, 0.15) is 0 Å². The number of hydrogen-bond donors (Lipinski definition) is 2. The fourth-order valence-corrected chi connectivity index (χ4v) is 2.20. The van der Waals surface area contributed by atoms with Gasteiger partial charge in [0.05, 0.1) is 5.75 Å². The van der Waals surface area contributed by atoms with Gasteiger partial charge in [0.15, 0.2) is 0 Å². The van der Waals surface area contributed by atoms with Gasteiger partial charge in [-0.25, -0.2) is 0 Å². The van der Waals surface area contributed by atoms with Crippen molar-refractivity contribution in [2.75, 3.05) is 12.4 Å². The monoisotopic (exact) mass is 238 g/mol. The van der Waals surface area contributed by atoms with Crippen molar-refractivity contribution in [1.29, 1.82) is 0 Å². The first-order valence-electron chi connectivity index (χ1n) is 5.55. The second-order valence-corrected chi connectivity index (χ2v) is 5.54. The van der Waals surface area contributed by atoms with E-state index in [4.69, 9.17) is 9.66 Å². The minimum absolute atomic E-state index is 0.148. The van der Waals surface area contributed by atoms with E-state index in [0.717, 1.165) is 32.1 Å². The number of hydrogen-bond acceptors (Lipinski definition) is 3. The van der Waals surface area contributed by atoms with Crippen molar-refractivity contribution >= 4 is 10.1 Å². The third-order valence-electron chi connectivity index (χ3n) is 2.47. The molecule has 1 unspecified atom stereocenters. The Balaban J connectivity index is 3.44. The van der Waals surface area contributed by atoms with E-state index in [1.54, 1.807) is 0 Å². The van der Waals surface area contributed by atoms with Gasteiger partial charge < -0.3 is 5.11 Å². The Bertz CT molecular complexity index is 236. The maximum absolute atomic E-state index is 10.4. The first kappa shape index (κ1) is 14.9. The first-order chi connectivity index (χ1) is 6.99. The van der Waals surface area contributed by atoms with Crippen molar-refractivity contribution in [1.82, 2.24) is 0 Å². The molecule has 0 rings (SSSR count). The number of rotatable bonds is 9. The van der Waals surface area contributed by atoms with Gasteiger partial charge >= 0.3 is 0 Å². The van der Waals surface area contributed by atoms with Crippen molar-refractivity contribution in [3.63, 3.8) is 0 Å². The SMILES string of the molecule is CCCC(CO)CCCCCS(=O)(=O)O. The van der Waals surface area contributed by atoms with E-state index in [9.17, 15) is 8.42 Å². The molecule has 92 valence electrons. The third kappa shape index (κ3) is 10.2. The molecule has 0 heterocycles. The maximum atomic E-state index is 10.4. The van der Waals surface area contributed by atoms with Crippen molar-refractivity contribution < 1.29 is 18.1 Å². The Morgan fingerprint density at radius 3 is 2.27 bits per heavy atom. The van der Waals surface area contributed by atoms with Crippen molar-refractivity contribution in [2.45, 2.75) is 45.4 Å². The van der Waals surface area contributed by atoms with E-state index in [0.29, 0.717) is 12.3 Å². The van der Waals surface area contributed by atoms with Crippen LogP contribution < -0.4 is 0 Å². The van der Waals surface area contributed by atoms with Crippen LogP contribution in [0.15, 0.2) is 0 Å². The Labute approximate surface area is 92.4 Å². The van der Waals surface area contributed by atoms with Gasteiger partial charge in [0, 0.05) is 6.61 Å². The molecule has 0 saturated heterocycles. The summed E-state index contributed by atoms with van der Waals surface area (Å²) in [6.07, 6.45) is 5.24.